The molecule has 4 rings (SSSR count). The number of phenolic OH excluding ortho intramolecular Hbond substituents is 1. The third-order valence-electron chi connectivity index (χ3n) is 4.90. The molecule has 3 aromatic rings. The lowest BCUT2D eigenvalue weighted by molar-refractivity contribution is 0.181. The number of fused-ring (bicyclic) bond motifs is 1. The molecule has 6 nitrogen and oxygen atoms in total. The van der Waals surface area contributed by atoms with Gasteiger partial charge in [-0.3, -0.25) is 0 Å². The van der Waals surface area contributed by atoms with Crippen molar-refractivity contribution in [1.29, 1.82) is 0 Å². The molecule has 1 aliphatic heterocycles. The van der Waals surface area contributed by atoms with Gasteiger partial charge >= 0.3 is 0 Å². The molecule has 0 saturated heterocycles. The van der Waals surface area contributed by atoms with Gasteiger partial charge in [0.05, 0.1) is 18.8 Å². The summed E-state index contributed by atoms with van der Waals surface area (Å²) in [5, 5.41) is 10.6. The summed E-state index contributed by atoms with van der Waals surface area (Å²) in [5.74, 6) is 1.53. The van der Waals surface area contributed by atoms with Crippen LogP contribution in [0.15, 0.2) is 48.8 Å². The zero-order valence-corrected chi connectivity index (χ0v) is 16.1. The Morgan fingerprint density at radius 3 is 2.86 bits per heavy atom. The molecule has 0 atom stereocenters. The van der Waals surface area contributed by atoms with Crippen molar-refractivity contribution in [2.75, 3.05) is 25.2 Å². The lowest BCUT2D eigenvalue weighted by Gasteiger charge is -2.21. The number of anilines is 1. The molecule has 2 heterocycles. The number of phenols is 1. The summed E-state index contributed by atoms with van der Waals surface area (Å²) in [6, 6.07) is 13.9. The average molecular weight is 377 g/mol. The Morgan fingerprint density at radius 1 is 1.18 bits per heavy atom. The van der Waals surface area contributed by atoms with E-state index in [0.29, 0.717) is 32.1 Å². The number of aromatic hydroxyl groups is 1. The molecule has 28 heavy (non-hydrogen) atoms. The Balaban J connectivity index is 1.71. The summed E-state index contributed by atoms with van der Waals surface area (Å²) >= 11 is 0. The Bertz CT molecular complexity index is 991. The van der Waals surface area contributed by atoms with Crippen LogP contribution in [0.4, 0.5) is 5.82 Å². The van der Waals surface area contributed by atoms with Gasteiger partial charge in [-0.15, -0.1) is 0 Å². The van der Waals surface area contributed by atoms with E-state index in [9.17, 15) is 5.11 Å². The second-order valence-electron chi connectivity index (χ2n) is 6.87. The topological polar surface area (TPSA) is 67.7 Å². The van der Waals surface area contributed by atoms with Gasteiger partial charge in [0.25, 0.3) is 0 Å². The molecule has 1 aromatic heterocycles. The Morgan fingerprint density at radius 2 is 2.04 bits per heavy atom. The van der Waals surface area contributed by atoms with Crippen LogP contribution in [0.5, 0.6) is 11.5 Å². The minimum absolute atomic E-state index is 0.167. The fourth-order valence-electron chi connectivity index (χ4n) is 3.53. The van der Waals surface area contributed by atoms with Crippen LogP contribution < -0.4 is 9.64 Å². The number of nitrogens with zero attached hydrogens (tertiary/aromatic N) is 3. The molecule has 2 aromatic carbocycles. The highest BCUT2D eigenvalue weighted by Crippen LogP contribution is 2.38. The first-order valence-electron chi connectivity index (χ1n) is 9.25. The van der Waals surface area contributed by atoms with Crippen molar-refractivity contribution in [3.05, 3.63) is 65.6 Å². The van der Waals surface area contributed by atoms with Gasteiger partial charge in [-0.05, 0) is 35.7 Å². The van der Waals surface area contributed by atoms with Crippen LogP contribution in [0.3, 0.4) is 0 Å². The van der Waals surface area contributed by atoms with Crippen molar-refractivity contribution < 1.29 is 14.6 Å². The minimum Gasteiger partial charge on any atom is -0.504 e. The number of aryl methyl sites for hydroxylation is 1. The van der Waals surface area contributed by atoms with E-state index in [1.807, 2.05) is 18.2 Å². The van der Waals surface area contributed by atoms with E-state index in [1.54, 1.807) is 19.5 Å². The number of hydrogen-bond donors (Lipinski definition) is 1. The lowest BCUT2D eigenvalue weighted by Crippen LogP contribution is -2.26. The number of aromatic nitrogens is 2. The summed E-state index contributed by atoms with van der Waals surface area (Å²) in [5.41, 5.74) is 4.99. The first-order valence-corrected chi connectivity index (χ1v) is 9.25. The Hall–Kier alpha value is -3.12. The molecule has 1 aliphatic rings. The van der Waals surface area contributed by atoms with E-state index < -0.39 is 0 Å². The maximum absolute atomic E-state index is 10.6. The predicted octanol–water partition coefficient (Wildman–Crippen LogP) is 3.70. The first kappa shape index (κ1) is 18.3. The van der Waals surface area contributed by atoms with Crippen molar-refractivity contribution >= 4 is 5.82 Å². The summed E-state index contributed by atoms with van der Waals surface area (Å²) in [4.78, 5) is 10.8. The highest BCUT2D eigenvalue weighted by molar-refractivity contribution is 5.72. The second kappa shape index (κ2) is 7.86. The summed E-state index contributed by atoms with van der Waals surface area (Å²) in [6.07, 6.45) is 1.55. The number of hydrogen-bond acceptors (Lipinski definition) is 6. The van der Waals surface area contributed by atoms with Gasteiger partial charge in [0, 0.05) is 25.3 Å². The number of rotatable bonds is 4. The van der Waals surface area contributed by atoms with Crippen molar-refractivity contribution in [3.8, 4) is 22.6 Å². The molecule has 0 aliphatic carbocycles. The molecule has 0 fully saturated rings. The van der Waals surface area contributed by atoms with Crippen molar-refractivity contribution in [2.24, 2.45) is 0 Å². The molecule has 0 spiro atoms. The average Bonchev–Trinajstić information content (AvgIpc) is 2.92. The van der Waals surface area contributed by atoms with E-state index >= 15 is 0 Å². The van der Waals surface area contributed by atoms with Crippen LogP contribution >= 0.6 is 0 Å². The largest absolute Gasteiger partial charge is 0.504 e. The summed E-state index contributed by atoms with van der Waals surface area (Å²) in [7, 11) is 1.65. The molecule has 144 valence electrons. The van der Waals surface area contributed by atoms with Gasteiger partial charge in [-0.25, -0.2) is 9.97 Å². The molecule has 6 heteroatoms. The van der Waals surface area contributed by atoms with Gasteiger partial charge in [-0.1, -0.05) is 24.3 Å². The van der Waals surface area contributed by atoms with Crippen LogP contribution in [0.1, 0.15) is 16.8 Å². The first-order chi connectivity index (χ1) is 13.7. The molecule has 0 bridgehead atoms. The molecule has 0 amide bonds. The number of methoxy groups -OCH3 is 1. The molecule has 0 saturated carbocycles. The second-order valence-corrected chi connectivity index (χ2v) is 6.87. The maximum atomic E-state index is 10.6. The smallest absolute Gasteiger partial charge is 0.166 e. The van der Waals surface area contributed by atoms with Gasteiger partial charge in [0.1, 0.15) is 18.8 Å². The minimum atomic E-state index is 0.167. The maximum Gasteiger partial charge on any atom is 0.166 e. The van der Waals surface area contributed by atoms with Crippen LogP contribution in [0, 0.1) is 6.92 Å². The van der Waals surface area contributed by atoms with E-state index in [2.05, 4.69) is 40.0 Å². The van der Waals surface area contributed by atoms with Gasteiger partial charge < -0.3 is 19.5 Å². The molecule has 1 N–H and O–H groups in total. The van der Waals surface area contributed by atoms with Gasteiger partial charge in [-0.2, -0.15) is 0 Å². The van der Waals surface area contributed by atoms with Gasteiger partial charge in [0.15, 0.2) is 11.5 Å². The monoisotopic (exact) mass is 377 g/mol. The summed E-state index contributed by atoms with van der Waals surface area (Å²) < 4.78 is 11.0. The molecular weight excluding hydrogens is 354 g/mol. The van der Waals surface area contributed by atoms with Crippen LogP contribution in [0.2, 0.25) is 0 Å². The predicted molar refractivity (Wildman–Crippen MR) is 108 cm³/mol. The van der Waals surface area contributed by atoms with Gasteiger partial charge in [0.2, 0.25) is 0 Å². The SMILES string of the molecule is COCc1cc(N2CCOc3c(O)cc(-c4ccccc4C)cc3C2)ncn1. The van der Waals surface area contributed by atoms with E-state index in [0.717, 1.165) is 33.8 Å². The lowest BCUT2D eigenvalue weighted by atomic mass is 9.98. The molecule has 0 radical (unpaired) electrons. The van der Waals surface area contributed by atoms with Crippen molar-refractivity contribution in [1.82, 2.24) is 9.97 Å². The summed E-state index contributed by atoms with van der Waals surface area (Å²) in [6.45, 7) is 4.23. The third kappa shape index (κ3) is 3.64. The zero-order valence-electron chi connectivity index (χ0n) is 16.1. The Kier molecular flexibility index (Phi) is 5.12. The number of ether oxygens (including phenoxy) is 2. The Labute approximate surface area is 164 Å². The fraction of sp³-hybridized carbons (Fsp3) is 0.273. The third-order valence-corrected chi connectivity index (χ3v) is 4.90. The van der Waals surface area contributed by atoms with Crippen LogP contribution in [-0.2, 0) is 17.9 Å². The molecule has 0 unspecified atom stereocenters. The zero-order chi connectivity index (χ0) is 19.5. The van der Waals surface area contributed by atoms with E-state index in [1.165, 1.54) is 0 Å². The van der Waals surface area contributed by atoms with E-state index in [-0.39, 0.29) is 5.75 Å². The van der Waals surface area contributed by atoms with Crippen LogP contribution in [-0.4, -0.2) is 35.3 Å². The molecular formula is C22H23N3O3. The standard InChI is InChI=1S/C22H23N3O3/c1-15-5-3-4-6-19(15)16-9-17-12-25(7-8-28-22(17)20(26)10-16)21-11-18(13-27-2)23-14-24-21/h3-6,9-11,14,26H,7-8,12-13H2,1-2H3. The fourth-order valence-corrected chi connectivity index (χ4v) is 3.53. The highest BCUT2D eigenvalue weighted by atomic mass is 16.5. The van der Waals surface area contributed by atoms with Crippen LogP contribution in [0.25, 0.3) is 11.1 Å². The van der Waals surface area contributed by atoms with Crippen molar-refractivity contribution in [3.63, 3.8) is 0 Å². The quantitative estimate of drug-likeness (QED) is 0.748. The number of benzene rings is 2. The van der Waals surface area contributed by atoms with Crippen molar-refractivity contribution in [2.45, 2.75) is 20.1 Å². The highest BCUT2D eigenvalue weighted by Gasteiger charge is 2.21. The normalized spacial score (nSPS) is 13.6. The van der Waals surface area contributed by atoms with E-state index in [4.69, 9.17) is 9.47 Å².